The molecule has 0 bridgehead atoms. The predicted molar refractivity (Wildman–Crippen MR) is 96.5 cm³/mol. The highest BCUT2D eigenvalue weighted by atomic mass is 32.2. The number of hydrogen-bond donors (Lipinski definition) is 3. The Labute approximate surface area is 143 Å². The zero-order chi connectivity index (χ0) is 17.4. The number of anilines is 2. The third-order valence-electron chi connectivity index (χ3n) is 3.14. The van der Waals surface area contributed by atoms with Crippen LogP contribution < -0.4 is 15.4 Å². The van der Waals surface area contributed by atoms with Crippen LogP contribution in [0.3, 0.4) is 0 Å². The van der Waals surface area contributed by atoms with Gasteiger partial charge in [-0.2, -0.15) is 4.98 Å². The topological polar surface area (TPSA) is 96.0 Å². The zero-order valence-corrected chi connectivity index (χ0v) is 14.7. The van der Waals surface area contributed by atoms with Crippen LogP contribution in [0.1, 0.15) is 18.2 Å². The SMILES string of the molecule is CCNc1cc(C)nc(NCCNS(=O)(=O)Cc2ccccc2)n1. The normalized spacial score (nSPS) is 11.2. The van der Waals surface area contributed by atoms with E-state index in [1.807, 2.05) is 38.1 Å². The molecule has 130 valence electrons. The third kappa shape index (κ3) is 6.13. The van der Waals surface area contributed by atoms with E-state index in [4.69, 9.17) is 0 Å². The first-order valence-corrected chi connectivity index (χ1v) is 9.48. The van der Waals surface area contributed by atoms with Gasteiger partial charge in [-0.25, -0.2) is 18.1 Å². The third-order valence-corrected chi connectivity index (χ3v) is 4.50. The number of nitrogens with zero attached hydrogens (tertiary/aromatic N) is 2. The lowest BCUT2D eigenvalue weighted by Crippen LogP contribution is -2.30. The second-order valence-electron chi connectivity index (χ2n) is 5.31. The largest absolute Gasteiger partial charge is 0.370 e. The van der Waals surface area contributed by atoms with Crippen molar-refractivity contribution < 1.29 is 8.42 Å². The summed E-state index contributed by atoms with van der Waals surface area (Å²) in [5, 5.41) is 6.16. The monoisotopic (exact) mass is 349 g/mol. The van der Waals surface area contributed by atoms with Crippen molar-refractivity contribution in [3.8, 4) is 0 Å². The number of aromatic nitrogens is 2. The lowest BCUT2D eigenvalue weighted by Gasteiger charge is -2.10. The van der Waals surface area contributed by atoms with Crippen LogP contribution in [0.25, 0.3) is 0 Å². The fourth-order valence-corrected chi connectivity index (χ4v) is 3.29. The van der Waals surface area contributed by atoms with Crippen molar-refractivity contribution in [1.82, 2.24) is 14.7 Å². The van der Waals surface area contributed by atoms with Crippen LogP contribution in [0.2, 0.25) is 0 Å². The Morgan fingerprint density at radius 2 is 1.79 bits per heavy atom. The van der Waals surface area contributed by atoms with Crippen LogP contribution in [-0.2, 0) is 15.8 Å². The number of aryl methyl sites for hydroxylation is 1. The van der Waals surface area contributed by atoms with Crippen molar-refractivity contribution in [2.45, 2.75) is 19.6 Å². The van der Waals surface area contributed by atoms with Gasteiger partial charge < -0.3 is 10.6 Å². The average Bonchev–Trinajstić information content (AvgIpc) is 2.52. The van der Waals surface area contributed by atoms with Crippen LogP contribution in [0.15, 0.2) is 36.4 Å². The van der Waals surface area contributed by atoms with E-state index >= 15 is 0 Å². The summed E-state index contributed by atoms with van der Waals surface area (Å²) in [5.74, 6) is 1.20. The van der Waals surface area contributed by atoms with Gasteiger partial charge in [0, 0.05) is 31.4 Å². The second-order valence-corrected chi connectivity index (χ2v) is 7.12. The maximum atomic E-state index is 12.0. The van der Waals surface area contributed by atoms with Gasteiger partial charge in [-0.15, -0.1) is 0 Å². The molecule has 0 spiro atoms. The summed E-state index contributed by atoms with van der Waals surface area (Å²) in [7, 11) is -3.36. The van der Waals surface area contributed by atoms with Crippen LogP contribution in [0.5, 0.6) is 0 Å². The molecule has 7 nitrogen and oxygen atoms in total. The molecule has 24 heavy (non-hydrogen) atoms. The maximum absolute atomic E-state index is 12.0. The molecule has 3 N–H and O–H groups in total. The maximum Gasteiger partial charge on any atom is 0.224 e. The first-order valence-electron chi connectivity index (χ1n) is 7.83. The summed E-state index contributed by atoms with van der Waals surface area (Å²) in [5.41, 5.74) is 1.60. The van der Waals surface area contributed by atoms with Gasteiger partial charge in [0.25, 0.3) is 0 Å². The van der Waals surface area contributed by atoms with E-state index in [9.17, 15) is 8.42 Å². The number of nitrogens with one attached hydrogen (secondary N) is 3. The first kappa shape index (κ1) is 18.2. The van der Waals surface area contributed by atoms with Gasteiger partial charge in [-0.1, -0.05) is 30.3 Å². The summed E-state index contributed by atoms with van der Waals surface area (Å²) in [6.45, 7) is 5.32. The van der Waals surface area contributed by atoms with Gasteiger partial charge in [-0.05, 0) is 19.4 Å². The summed E-state index contributed by atoms with van der Waals surface area (Å²) in [6, 6.07) is 10.9. The number of benzene rings is 1. The lowest BCUT2D eigenvalue weighted by molar-refractivity contribution is 0.582. The van der Waals surface area contributed by atoms with Crippen LogP contribution in [0, 0.1) is 6.92 Å². The quantitative estimate of drug-likeness (QED) is 0.597. The molecule has 1 aromatic heterocycles. The zero-order valence-electron chi connectivity index (χ0n) is 13.9. The molecule has 0 fully saturated rings. The van der Waals surface area contributed by atoms with Gasteiger partial charge in [0.15, 0.2) is 0 Å². The highest BCUT2D eigenvalue weighted by Gasteiger charge is 2.10. The molecule has 0 aliphatic heterocycles. The molecule has 0 saturated carbocycles. The Balaban J connectivity index is 1.82. The van der Waals surface area contributed by atoms with E-state index in [2.05, 4.69) is 25.3 Å². The second kappa shape index (κ2) is 8.60. The minimum absolute atomic E-state index is 0.0284. The summed E-state index contributed by atoms with van der Waals surface area (Å²) in [6.07, 6.45) is 0. The lowest BCUT2D eigenvalue weighted by atomic mass is 10.2. The van der Waals surface area contributed by atoms with E-state index in [1.54, 1.807) is 12.1 Å². The van der Waals surface area contributed by atoms with E-state index < -0.39 is 10.0 Å². The van der Waals surface area contributed by atoms with Gasteiger partial charge >= 0.3 is 0 Å². The molecule has 0 aliphatic carbocycles. The molecule has 0 atom stereocenters. The molecule has 1 heterocycles. The van der Waals surface area contributed by atoms with Crippen molar-refractivity contribution in [1.29, 1.82) is 0 Å². The van der Waals surface area contributed by atoms with E-state index in [1.165, 1.54) is 0 Å². The smallest absolute Gasteiger partial charge is 0.224 e. The van der Waals surface area contributed by atoms with E-state index in [-0.39, 0.29) is 12.3 Å². The highest BCUT2D eigenvalue weighted by molar-refractivity contribution is 7.88. The molecule has 0 amide bonds. The molecule has 2 aromatic rings. The number of rotatable bonds is 9. The van der Waals surface area contributed by atoms with Crippen molar-refractivity contribution in [2.75, 3.05) is 30.3 Å². The summed E-state index contributed by atoms with van der Waals surface area (Å²) >= 11 is 0. The Morgan fingerprint density at radius 1 is 1.04 bits per heavy atom. The Bertz CT molecular complexity index is 750. The fourth-order valence-electron chi connectivity index (χ4n) is 2.14. The standard InChI is InChI=1S/C16H23N5O2S/c1-3-17-15-11-13(2)20-16(21-15)18-9-10-19-24(22,23)12-14-7-5-4-6-8-14/h4-8,11,19H,3,9-10,12H2,1-2H3,(H2,17,18,20,21). The Kier molecular flexibility index (Phi) is 6.51. The van der Waals surface area contributed by atoms with Crippen LogP contribution in [0.4, 0.5) is 11.8 Å². The van der Waals surface area contributed by atoms with Crippen LogP contribution >= 0.6 is 0 Å². The van der Waals surface area contributed by atoms with Gasteiger partial charge in [0.1, 0.15) is 5.82 Å². The Hall–Kier alpha value is -2.19. The van der Waals surface area contributed by atoms with Crippen molar-refractivity contribution in [2.24, 2.45) is 0 Å². The average molecular weight is 349 g/mol. The van der Waals surface area contributed by atoms with Crippen LogP contribution in [-0.4, -0.2) is 38.0 Å². The van der Waals surface area contributed by atoms with E-state index in [0.29, 0.717) is 12.5 Å². The molecular weight excluding hydrogens is 326 g/mol. The van der Waals surface area contributed by atoms with Gasteiger partial charge in [-0.3, -0.25) is 0 Å². The van der Waals surface area contributed by atoms with Crippen molar-refractivity contribution in [3.05, 3.63) is 47.7 Å². The van der Waals surface area contributed by atoms with Crippen molar-refractivity contribution in [3.63, 3.8) is 0 Å². The molecule has 2 rings (SSSR count). The minimum atomic E-state index is -3.36. The van der Waals surface area contributed by atoms with Gasteiger partial charge in [0.05, 0.1) is 5.75 Å². The summed E-state index contributed by atoms with van der Waals surface area (Å²) in [4.78, 5) is 8.59. The van der Waals surface area contributed by atoms with Crippen molar-refractivity contribution >= 4 is 21.8 Å². The fraction of sp³-hybridized carbons (Fsp3) is 0.375. The Morgan fingerprint density at radius 3 is 2.50 bits per heavy atom. The molecule has 1 aromatic carbocycles. The molecule has 0 radical (unpaired) electrons. The number of sulfonamides is 1. The number of hydrogen-bond acceptors (Lipinski definition) is 6. The summed E-state index contributed by atoms with van der Waals surface area (Å²) < 4.78 is 26.6. The first-order chi connectivity index (χ1) is 11.5. The molecular formula is C16H23N5O2S. The molecule has 0 unspecified atom stereocenters. The molecule has 0 aliphatic rings. The minimum Gasteiger partial charge on any atom is -0.370 e. The van der Waals surface area contributed by atoms with E-state index in [0.717, 1.165) is 23.6 Å². The van der Waals surface area contributed by atoms with Gasteiger partial charge in [0.2, 0.25) is 16.0 Å². The highest BCUT2D eigenvalue weighted by Crippen LogP contribution is 2.09. The predicted octanol–water partition coefficient (Wildman–Crippen LogP) is 1.75. The molecule has 8 heteroatoms. The molecule has 0 saturated heterocycles.